The van der Waals surface area contributed by atoms with Crippen LogP contribution in [0.4, 0.5) is 5.69 Å². The van der Waals surface area contributed by atoms with Crippen molar-refractivity contribution in [1.29, 1.82) is 0 Å². The molecule has 2 fully saturated rings. The maximum atomic E-state index is 3.53. The van der Waals surface area contributed by atoms with Crippen LogP contribution in [0.2, 0.25) is 18.6 Å². The van der Waals surface area contributed by atoms with E-state index in [9.17, 15) is 0 Å². The summed E-state index contributed by atoms with van der Waals surface area (Å²) >= 11 is 0. The van der Waals surface area contributed by atoms with E-state index in [-0.39, 0.29) is 0 Å². The van der Waals surface area contributed by atoms with Gasteiger partial charge in [0.15, 0.2) is 0 Å². The number of nitrogens with one attached hydrogen (secondary N) is 1. The molecule has 0 radical (unpaired) electrons. The second kappa shape index (κ2) is 7.57. The molecule has 4 heteroatoms. The van der Waals surface area contributed by atoms with Crippen LogP contribution in [0.5, 0.6) is 0 Å². The normalized spacial score (nSPS) is 28.7. The van der Waals surface area contributed by atoms with Gasteiger partial charge in [0, 0.05) is 46.0 Å². The molecule has 1 heterocycles. The minimum atomic E-state index is -1.42. The van der Waals surface area contributed by atoms with Crippen molar-refractivity contribution in [2.24, 2.45) is 11.8 Å². The molecule has 1 aromatic carbocycles. The van der Waals surface area contributed by atoms with E-state index in [2.05, 4.69) is 84.5 Å². The van der Waals surface area contributed by atoms with E-state index in [4.69, 9.17) is 0 Å². The predicted molar refractivity (Wildman–Crippen MR) is 120 cm³/mol. The van der Waals surface area contributed by atoms with Gasteiger partial charge in [-0.3, -0.25) is 0 Å². The molecule has 1 N–H and O–H groups in total. The van der Waals surface area contributed by atoms with Gasteiger partial charge in [-0.15, -0.1) is 0 Å². The van der Waals surface area contributed by atoms with E-state index in [0.29, 0.717) is 5.92 Å². The number of piperazine rings is 1. The van der Waals surface area contributed by atoms with Crippen molar-refractivity contribution in [2.75, 3.05) is 45.2 Å². The van der Waals surface area contributed by atoms with Gasteiger partial charge in [-0.2, -0.15) is 0 Å². The second-order valence-electron chi connectivity index (χ2n) is 9.21. The van der Waals surface area contributed by atoms with Crippen molar-refractivity contribution in [1.82, 2.24) is 9.88 Å². The van der Waals surface area contributed by atoms with Gasteiger partial charge in [-0.25, -0.2) is 0 Å². The topological polar surface area (TPSA) is 18.5 Å². The average molecular weight is 382 g/mol. The van der Waals surface area contributed by atoms with Crippen LogP contribution in [-0.2, 0) is 0 Å². The summed E-state index contributed by atoms with van der Waals surface area (Å²) in [5.41, 5.74) is 5.14. The molecule has 3 aliphatic rings. The van der Waals surface area contributed by atoms with E-state index >= 15 is 0 Å². The highest BCUT2D eigenvalue weighted by atomic mass is 28.3. The molecule has 3 unspecified atom stereocenters. The van der Waals surface area contributed by atoms with E-state index in [1.165, 1.54) is 37.2 Å². The third-order valence-electron chi connectivity index (χ3n) is 7.28. The fraction of sp³-hybridized carbons (Fsp3) is 0.565. The van der Waals surface area contributed by atoms with Crippen molar-refractivity contribution in [2.45, 2.75) is 31.5 Å². The summed E-state index contributed by atoms with van der Waals surface area (Å²) in [6.07, 6.45) is 10.0. The molecule has 2 aliphatic carbocycles. The van der Waals surface area contributed by atoms with Crippen LogP contribution in [0.1, 0.15) is 18.4 Å². The van der Waals surface area contributed by atoms with Gasteiger partial charge in [0.2, 0.25) is 0 Å². The molecule has 146 valence electrons. The molecule has 1 saturated carbocycles. The van der Waals surface area contributed by atoms with Crippen molar-refractivity contribution in [3.63, 3.8) is 0 Å². The molecule has 3 atom stereocenters. The first-order chi connectivity index (χ1) is 13.0. The largest absolute Gasteiger partial charge is 0.378 e. The SMILES string of the molecule is CN(C)c1ccc(C2=CC=CC3C2CCC3[Si](C)(C)N2CCNCC2)cc1. The second-order valence-corrected chi connectivity index (χ2v) is 13.9. The Labute approximate surface area is 166 Å². The number of fused-ring (bicyclic) bond motifs is 1. The van der Waals surface area contributed by atoms with E-state index < -0.39 is 8.24 Å². The fourth-order valence-corrected chi connectivity index (χ4v) is 9.63. The van der Waals surface area contributed by atoms with E-state index in [1.807, 2.05) is 0 Å². The number of benzene rings is 1. The lowest BCUT2D eigenvalue weighted by molar-refractivity contribution is 0.347. The van der Waals surface area contributed by atoms with Crippen LogP contribution in [0.15, 0.2) is 42.5 Å². The Morgan fingerprint density at radius 1 is 1.04 bits per heavy atom. The summed E-state index contributed by atoms with van der Waals surface area (Å²) in [5.74, 6) is 1.44. The van der Waals surface area contributed by atoms with Gasteiger partial charge in [0.05, 0.1) is 0 Å². The van der Waals surface area contributed by atoms with E-state index in [1.54, 1.807) is 5.57 Å². The smallest absolute Gasteiger partial charge is 0.126 e. The Hall–Kier alpha value is -1.36. The van der Waals surface area contributed by atoms with E-state index in [0.717, 1.165) is 24.5 Å². The van der Waals surface area contributed by atoms with Crippen molar-refractivity contribution < 1.29 is 0 Å². The molecule has 1 aliphatic heterocycles. The molecular formula is C23H35N3Si. The standard InChI is InChI=1S/C23H35N3Si/c1-25(2)19-10-8-18(9-11-19)20-6-5-7-22-21(20)12-13-23(22)27(3,4)26-16-14-24-15-17-26/h5-11,21-24H,12-17H2,1-4H3. The molecule has 0 spiro atoms. The quantitative estimate of drug-likeness (QED) is 0.788. The number of rotatable bonds is 4. The third-order valence-corrected chi connectivity index (χ3v) is 11.8. The first kappa shape index (κ1) is 19.0. The van der Waals surface area contributed by atoms with Gasteiger partial charge < -0.3 is 14.8 Å². The first-order valence-electron chi connectivity index (χ1n) is 10.6. The molecule has 3 nitrogen and oxygen atoms in total. The van der Waals surface area contributed by atoms with Gasteiger partial charge >= 0.3 is 0 Å². The highest BCUT2D eigenvalue weighted by Crippen LogP contribution is 2.54. The summed E-state index contributed by atoms with van der Waals surface area (Å²) < 4.78 is 2.87. The number of hydrogen-bond acceptors (Lipinski definition) is 3. The summed E-state index contributed by atoms with van der Waals surface area (Å²) in [4.78, 5) is 2.18. The van der Waals surface area contributed by atoms with Crippen LogP contribution < -0.4 is 10.2 Å². The molecule has 1 saturated heterocycles. The Morgan fingerprint density at radius 3 is 2.41 bits per heavy atom. The minimum absolute atomic E-state index is 0.708. The fourth-order valence-electron chi connectivity index (χ4n) is 5.63. The molecule has 1 aromatic rings. The van der Waals surface area contributed by atoms with Crippen LogP contribution in [0.3, 0.4) is 0 Å². The van der Waals surface area contributed by atoms with Gasteiger partial charge in [-0.1, -0.05) is 49.9 Å². The minimum Gasteiger partial charge on any atom is -0.378 e. The Morgan fingerprint density at radius 2 is 1.74 bits per heavy atom. The number of hydrogen-bond donors (Lipinski definition) is 1. The zero-order valence-corrected chi connectivity index (χ0v) is 18.4. The lowest BCUT2D eigenvalue weighted by atomic mass is 9.81. The highest BCUT2D eigenvalue weighted by Gasteiger charge is 2.48. The summed E-state index contributed by atoms with van der Waals surface area (Å²) in [5, 5.41) is 3.53. The zero-order chi connectivity index (χ0) is 19.0. The first-order valence-corrected chi connectivity index (χ1v) is 13.6. The van der Waals surface area contributed by atoms with Crippen molar-refractivity contribution in [3.8, 4) is 0 Å². The average Bonchev–Trinajstić information content (AvgIpc) is 3.14. The lowest BCUT2D eigenvalue weighted by Crippen LogP contribution is -2.59. The van der Waals surface area contributed by atoms with Crippen molar-refractivity contribution >= 4 is 19.5 Å². The maximum Gasteiger partial charge on any atom is 0.126 e. The molecule has 0 amide bonds. The van der Waals surface area contributed by atoms with Gasteiger partial charge in [-0.05, 0) is 47.1 Å². The number of nitrogens with zero attached hydrogens (tertiary/aromatic N) is 2. The molecule has 0 bridgehead atoms. The number of allylic oxidation sites excluding steroid dienone is 4. The van der Waals surface area contributed by atoms with Crippen molar-refractivity contribution in [3.05, 3.63) is 48.1 Å². The highest BCUT2D eigenvalue weighted by molar-refractivity contribution is 6.76. The zero-order valence-electron chi connectivity index (χ0n) is 17.4. The maximum absolute atomic E-state index is 3.53. The van der Waals surface area contributed by atoms with Gasteiger partial charge in [0.1, 0.15) is 8.24 Å². The lowest BCUT2D eigenvalue weighted by Gasteiger charge is -2.45. The monoisotopic (exact) mass is 381 g/mol. The third kappa shape index (κ3) is 3.55. The predicted octanol–water partition coefficient (Wildman–Crippen LogP) is 4.21. The Balaban J connectivity index is 1.55. The van der Waals surface area contributed by atoms with Crippen LogP contribution in [-0.4, -0.2) is 53.1 Å². The molecular weight excluding hydrogens is 346 g/mol. The summed E-state index contributed by atoms with van der Waals surface area (Å²) in [6, 6.07) is 9.16. The summed E-state index contributed by atoms with van der Waals surface area (Å²) in [7, 11) is 2.79. The number of anilines is 1. The van der Waals surface area contributed by atoms with Crippen LogP contribution in [0.25, 0.3) is 5.57 Å². The molecule has 4 rings (SSSR count). The Bertz CT molecular complexity index is 714. The summed E-state index contributed by atoms with van der Waals surface area (Å²) in [6.45, 7) is 10.1. The van der Waals surface area contributed by atoms with Crippen LogP contribution in [0, 0.1) is 11.8 Å². The molecule has 0 aromatic heterocycles. The molecule has 27 heavy (non-hydrogen) atoms. The van der Waals surface area contributed by atoms with Gasteiger partial charge in [0.25, 0.3) is 0 Å². The van der Waals surface area contributed by atoms with Crippen LogP contribution >= 0.6 is 0 Å². The Kier molecular flexibility index (Phi) is 5.32.